The van der Waals surface area contributed by atoms with Crippen LogP contribution >= 0.6 is 0 Å². The number of carbonyl (C=O) groups excluding carboxylic acids is 2. The number of sulfonamides is 1. The highest BCUT2D eigenvalue weighted by Crippen LogP contribution is 2.29. The third-order valence-electron chi connectivity index (χ3n) is 4.96. The van der Waals surface area contributed by atoms with E-state index in [4.69, 9.17) is 4.74 Å². The average molecular weight is 459 g/mol. The molecule has 3 aromatic rings. The van der Waals surface area contributed by atoms with E-state index in [9.17, 15) is 28.1 Å². The van der Waals surface area contributed by atoms with Gasteiger partial charge in [-0.25, -0.2) is 13.2 Å². The Morgan fingerprint density at radius 1 is 1.19 bits per heavy atom. The van der Waals surface area contributed by atoms with Crippen molar-refractivity contribution in [3.63, 3.8) is 0 Å². The predicted molar refractivity (Wildman–Crippen MR) is 118 cm³/mol. The van der Waals surface area contributed by atoms with E-state index < -0.39 is 32.9 Å². The molecule has 0 aliphatic carbocycles. The van der Waals surface area contributed by atoms with Gasteiger partial charge in [-0.1, -0.05) is 31.2 Å². The van der Waals surface area contributed by atoms with Gasteiger partial charge in [0.1, 0.15) is 6.04 Å². The van der Waals surface area contributed by atoms with E-state index in [0.29, 0.717) is 10.9 Å². The second-order valence-corrected chi connectivity index (χ2v) is 8.88. The Bertz CT molecular complexity index is 1310. The van der Waals surface area contributed by atoms with Crippen LogP contribution in [0.25, 0.3) is 10.9 Å². The Morgan fingerprint density at radius 3 is 2.47 bits per heavy atom. The normalized spacial score (nSPS) is 12.3. The van der Waals surface area contributed by atoms with E-state index in [0.717, 1.165) is 16.6 Å². The fraction of sp³-hybridized carbons (Fsp3) is 0.238. The molecule has 1 atom stereocenters. The Labute approximate surface area is 184 Å². The summed E-state index contributed by atoms with van der Waals surface area (Å²) in [6, 6.07) is 10.5. The lowest BCUT2D eigenvalue weighted by Crippen LogP contribution is -2.46. The second kappa shape index (κ2) is 8.79. The van der Waals surface area contributed by atoms with E-state index in [1.54, 1.807) is 31.2 Å². The fourth-order valence-corrected chi connectivity index (χ4v) is 4.78. The molecule has 1 heterocycles. The summed E-state index contributed by atoms with van der Waals surface area (Å²) in [5.41, 5.74) is 0.251. The number of hydrogen-bond donors (Lipinski definition) is 0. The number of rotatable bonds is 7. The first-order valence-corrected chi connectivity index (χ1v) is 11.4. The van der Waals surface area contributed by atoms with E-state index in [1.165, 1.54) is 36.1 Å². The van der Waals surface area contributed by atoms with E-state index >= 15 is 0 Å². The molecule has 0 aliphatic rings. The van der Waals surface area contributed by atoms with Gasteiger partial charge < -0.3 is 4.74 Å². The number of para-hydroxylation sites is 1. The molecule has 0 saturated carbocycles. The molecule has 0 bridgehead atoms. The number of anilines is 1. The van der Waals surface area contributed by atoms with Crippen molar-refractivity contribution in [2.75, 3.05) is 17.7 Å². The van der Waals surface area contributed by atoms with Gasteiger partial charge in [0.15, 0.2) is 0 Å². The van der Waals surface area contributed by atoms with Gasteiger partial charge in [0.2, 0.25) is 10.0 Å². The number of hydrogen-bond acceptors (Lipinski definition) is 7. The molecule has 11 heteroatoms. The van der Waals surface area contributed by atoms with Gasteiger partial charge in [0.25, 0.3) is 11.6 Å². The number of aromatic nitrogens is 1. The van der Waals surface area contributed by atoms with Gasteiger partial charge in [0.05, 0.1) is 35.1 Å². The van der Waals surface area contributed by atoms with Crippen molar-refractivity contribution in [2.45, 2.75) is 19.4 Å². The Kier molecular flexibility index (Phi) is 6.30. The minimum atomic E-state index is -4.01. The molecule has 0 amide bonds. The SMILES string of the molecule is CCC(C(=O)n1cc(C(=O)OC)c2ccccc21)N(c1cccc([N+](=O)[O-])c1)S(C)(=O)=O. The molecule has 1 unspecified atom stereocenters. The number of carbonyl (C=O) groups is 2. The van der Waals surface area contributed by atoms with Crippen LogP contribution in [-0.2, 0) is 14.8 Å². The van der Waals surface area contributed by atoms with Crippen LogP contribution in [0.4, 0.5) is 11.4 Å². The Balaban J connectivity index is 2.18. The molecule has 2 aromatic carbocycles. The number of benzene rings is 2. The Morgan fingerprint density at radius 2 is 1.88 bits per heavy atom. The first-order chi connectivity index (χ1) is 15.1. The molecule has 0 spiro atoms. The zero-order valence-corrected chi connectivity index (χ0v) is 18.4. The Hall–Kier alpha value is -3.73. The number of methoxy groups -OCH3 is 1. The lowest BCUT2D eigenvalue weighted by atomic mass is 10.1. The first kappa shape index (κ1) is 22.9. The molecule has 0 aliphatic heterocycles. The second-order valence-electron chi connectivity index (χ2n) is 7.02. The van der Waals surface area contributed by atoms with Crippen LogP contribution in [0.5, 0.6) is 0 Å². The summed E-state index contributed by atoms with van der Waals surface area (Å²) in [7, 11) is -2.79. The molecule has 0 radical (unpaired) electrons. The molecule has 1 aromatic heterocycles. The standard InChI is InChI=1S/C21H21N3O7S/c1-4-18(23(32(3,29)30)14-8-7-9-15(12-14)24(27)28)20(25)22-13-17(21(26)31-2)16-10-5-6-11-19(16)22/h5-13,18H,4H2,1-3H3. The minimum absolute atomic E-state index is 0.00782. The third kappa shape index (κ3) is 4.19. The highest BCUT2D eigenvalue weighted by molar-refractivity contribution is 7.92. The molecule has 0 saturated heterocycles. The summed E-state index contributed by atoms with van der Waals surface area (Å²) < 4.78 is 32.3. The molecule has 0 fully saturated rings. The number of nitro groups is 1. The number of nitrogens with zero attached hydrogens (tertiary/aromatic N) is 3. The topological polar surface area (TPSA) is 129 Å². The lowest BCUT2D eigenvalue weighted by Gasteiger charge is -2.30. The van der Waals surface area contributed by atoms with Crippen LogP contribution in [0.2, 0.25) is 0 Å². The third-order valence-corrected chi connectivity index (χ3v) is 6.14. The zero-order chi connectivity index (χ0) is 23.6. The van der Waals surface area contributed by atoms with E-state index in [1.807, 2.05) is 0 Å². The van der Waals surface area contributed by atoms with E-state index in [2.05, 4.69) is 0 Å². The monoisotopic (exact) mass is 459 g/mol. The van der Waals surface area contributed by atoms with Crippen molar-refractivity contribution in [3.05, 3.63) is 70.4 Å². The maximum absolute atomic E-state index is 13.6. The van der Waals surface area contributed by atoms with Crippen LogP contribution in [-0.4, -0.2) is 49.2 Å². The van der Waals surface area contributed by atoms with Gasteiger partial charge >= 0.3 is 5.97 Å². The predicted octanol–water partition coefficient (Wildman–Crippen LogP) is 3.22. The van der Waals surface area contributed by atoms with Crippen LogP contribution in [0.1, 0.15) is 28.5 Å². The van der Waals surface area contributed by atoms with Crippen LogP contribution < -0.4 is 4.31 Å². The van der Waals surface area contributed by atoms with Crippen molar-refractivity contribution in [3.8, 4) is 0 Å². The summed E-state index contributed by atoms with van der Waals surface area (Å²) in [6.45, 7) is 1.63. The van der Waals surface area contributed by atoms with Gasteiger partial charge in [-0.05, 0) is 18.6 Å². The average Bonchev–Trinajstić information content (AvgIpc) is 3.15. The number of non-ortho nitro benzene ring substituents is 1. The van der Waals surface area contributed by atoms with Crippen molar-refractivity contribution in [1.29, 1.82) is 0 Å². The van der Waals surface area contributed by atoms with Gasteiger partial charge in [-0.2, -0.15) is 0 Å². The summed E-state index contributed by atoms with van der Waals surface area (Å²) >= 11 is 0. The molecule has 3 rings (SSSR count). The number of ether oxygens (including phenoxy) is 1. The van der Waals surface area contributed by atoms with Crippen molar-refractivity contribution < 1.29 is 27.7 Å². The van der Waals surface area contributed by atoms with Crippen molar-refractivity contribution in [1.82, 2.24) is 4.57 Å². The molecule has 10 nitrogen and oxygen atoms in total. The maximum atomic E-state index is 13.6. The largest absolute Gasteiger partial charge is 0.465 e. The highest BCUT2D eigenvalue weighted by atomic mass is 32.2. The van der Waals surface area contributed by atoms with Gasteiger partial charge in [-0.3, -0.25) is 23.8 Å². The smallest absolute Gasteiger partial charge is 0.340 e. The number of esters is 1. The summed E-state index contributed by atoms with van der Waals surface area (Å²) in [4.78, 5) is 36.3. The molecular weight excluding hydrogens is 438 g/mol. The van der Waals surface area contributed by atoms with Gasteiger partial charge in [0, 0.05) is 23.7 Å². The number of fused-ring (bicyclic) bond motifs is 1. The first-order valence-electron chi connectivity index (χ1n) is 9.56. The minimum Gasteiger partial charge on any atom is -0.465 e. The maximum Gasteiger partial charge on any atom is 0.340 e. The van der Waals surface area contributed by atoms with Gasteiger partial charge in [-0.15, -0.1) is 0 Å². The lowest BCUT2D eigenvalue weighted by molar-refractivity contribution is -0.384. The van der Waals surface area contributed by atoms with Crippen LogP contribution in [0.3, 0.4) is 0 Å². The summed E-state index contributed by atoms with van der Waals surface area (Å²) in [6.07, 6.45) is 2.32. The number of nitro benzene ring substituents is 1. The summed E-state index contributed by atoms with van der Waals surface area (Å²) in [5.74, 6) is -1.25. The molecule has 0 N–H and O–H groups in total. The fourth-order valence-electron chi connectivity index (χ4n) is 3.58. The van der Waals surface area contributed by atoms with Crippen molar-refractivity contribution in [2.24, 2.45) is 0 Å². The van der Waals surface area contributed by atoms with Crippen LogP contribution in [0.15, 0.2) is 54.7 Å². The molecule has 32 heavy (non-hydrogen) atoms. The van der Waals surface area contributed by atoms with E-state index in [-0.39, 0.29) is 23.4 Å². The van der Waals surface area contributed by atoms with Crippen LogP contribution in [0, 0.1) is 10.1 Å². The highest BCUT2D eigenvalue weighted by Gasteiger charge is 2.34. The molecule has 168 valence electrons. The zero-order valence-electron chi connectivity index (χ0n) is 17.6. The summed E-state index contributed by atoms with van der Waals surface area (Å²) in [5, 5.41) is 11.7. The molecular formula is C21H21N3O7S. The van der Waals surface area contributed by atoms with Crippen molar-refractivity contribution >= 4 is 44.2 Å². The quantitative estimate of drug-likeness (QED) is 0.301.